The highest BCUT2D eigenvalue weighted by atomic mass is 16.3. The number of hydrogen-bond donors (Lipinski definition) is 4. The van der Waals surface area contributed by atoms with Crippen LogP contribution < -0.4 is 16.0 Å². The molecule has 4 heteroatoms. The molecule has 1 atom stereocenters. The van der Waals surface area contributed by atoms with Crippen molar-refractivity contribution in [2.45, 2.75) is 18.6 Å². The van der Waals surface area contributed by atoms with Gasteiger partial charge >= 0.3 is 0 Å². The summed E-state index contributed by atoms with van der Waals surface area (Å²) in [5.41, 5.74) is -0.422. The minimum Gasteiger partial charge on any atom is -0.393 e. The van der Waals surface area contributed by atoms with Gasteiger partial charge in [0.25, 0.3) is 0 Å². The Morgan fingerprint density at radius 3 is 1.82 bits per heavy atom. The van der Waals surface area contributed by atoms with E-state index in [4.69, 9.17) is 5.11 Å². The van der Waals surface area contributed by atoms with Crippen molar-refractivity contribution in [2.75, 3.05) is 27.7 Å². The average Bonchev–Trinajstić information content (AvgIpc) is 2.08. The molecule has 0 radical (unpaired) electrons. The second kappa shape index (κ2) is 4.66. The van der Waals surface area contributed by atoms with Gasteiger partial charge in [-0.3, -0.25) is 10.6 Å². The van der Waals surface area contributed by atoms with Crippen LogP contribution in [0.15, 0.2) is 0 Å². The van der Waals surface area contributed by atoms with E-state index in [0.717, 1.165) is 0 Å². The van der Waals surface area contributed by atoms with Crippen molar-refractivity contribution >= 4 is 0 Å². The van der Waals surface area contributed by atoms with Gasteiger partial charge in [-0.15, -0.1) is 0 Å². The third kappa shape index (κ3) is 2.13. The summed E-state index contributed by atoms with van der Waals surface area (Å²) in [6, 6.07) is 0.169. The number of likely N-dealkylation sites (N-methyl/N-ethyl adjacent to an activating group) is 3. The molecular formula is C7H19N3O. The summed E-state index contributed by atoms with van der Waals surface area (Å²) in [5.74, 6) is 0. The van der Waals surface area contributed by atoms with Crippen LogP contribution in [0.25, 0.3) is 0 Å². The zero-order valence-corrected chi connectivity index (χ0v) is 7.73. The second-order valence-corrected chi connectivity index (χ2v) is 2.64. The molecule has 0 aliphatic carbocycles. The Morgan fingerprint density at radius 1 is 1.27 bits per heavy atom. The van der Waals surface area contributed by atoms with Crippen LogP contribution in [0.5, 0.6) is 0 Å². The molecule has 1 unspecified atom stereocenters. The first-order valence-corrected chi connectivity index (χ1v) is 3.82. The smallest absolute Gasteiger partial charge is 0.107 e. The second-order valence-electron chi connectivity index (χ2n) is 2.64. The van der Waals surface area contributed by atoms with E-state index in [0.29, 0.717) is 0 Å². The van der Waals surface area contributed by atoms with E-state index in [9.17, 15) is 0 Å². The van der Waals surface area contributed by atoms with E-state index in [1.165, 1.54) is 0 Å². The lowest BCUT2D eigenvalue weighted by Crippen LogP contribution is -2.67. The Morgan fingerprint density at radius 2 is 1.73 bits per heavy atom. The number of hydrogen-bond acceptors (Lipinski definition) is 4. The number of rotatable bonds is 5. The van der Waals surface area contributed by atoms with Gasteiger partial charge in [0.2, 0.25) is 0 Å². The molecule has 68 valence electrons. The highest BCUT2D eigenvalue weighted by Gasteiger charge is 2.30. The van der Waals surface area contributed by atoms with E-state index in [1.807, 2.05) is 28.1 Å². The minimum atomic E-state index is -0.422. The molecule has 4 N–H and O–H groups in total. The molecule has 4 nitrogen and oxygen atoms in total. The van der Waals surface area contributed by atoms with Crippen LogP contribution in [0.1, 0.15) is 6.92 Å². The molecule has 0 spiro atoms. The van der Waals surface area contributed by atoms with Crippen LogP contribution in [0, 0.1) is 0 Å². The summed E-state index contributed by atoms with van der Waals surface area (Å²) in [4.78, 5) is 0. The molecule has 0 saturated heterocycles. The Labute approximate surface area is 68.4 Å². The molecule has 0 aromatic carbocycles. The van der Waals surface area contributed by atoms with Gasteiger partial charge in [-0.2, -0.15) is 0 Å². The maximum absolute atomic E-state index is 9.11. The molecule has 0 aromatic rings. The number of nitrogens with one attached hydrogen (secondary N) is 3. The first kappa shape index (κ1) is 10.8. The average molecular weight is 161 g/mol. The topological polar surface area (TPSA) is 56.3 Å². The molecule has 0 aliphatic rings. The van der Waals surface area contributed by atoms with Gasteiger partial charge in [-0.1, -0.05) is 0 Å². The third-order valence-electron chi connectivity index (χ3n) is 2.31. The van der Waals surface area contributed by atoms with Gasteiger partial charge in [0.1, 0.15) is 5.66 Å². The SMILES string of the molecule is CNC(C)C(CO)(NC)NC. The Balaban J connectivity index is 4.26. The van der Waals surface area contributed by atoms with Crippen molar-refractivity contribution < 1.29 is 5.11 Å². The van der Waals surface area contributed by atoms with Gasteiger partial charge in [0, 0.05) is 6.04 Å². The first-order valence-electron chi connectivity index (χ1n) is 3.82. The maximum atomic E-state index is 9.11. The van der Waals surface area contributed by atoms with Crippen molar-refractivity contribution in [1.29, 1.82) is 0 Å². The van der Waals surface area contributed by atoms with Crippen LogP contribution in [0.4, 0.5) is 0 Å². The quantitative estimate of drug-likeness (QED) is 0.379. The molecule has 0 bridgehead atoms. The molecule has 0 aliphatic heterocycles. The van der Waals surface area contributed by atoms with Crippen LogP contribution in [0.3, 0.4) is 0 Å². The fourth-order valence-electron chi connectivity index (χ4n) is 1.10. The van der Waals surface area contributed by atoms with Crippen LogP contribution in [0.2, 0.25) is 0 Å². The Kier molecular flexibility index (Phi) is 4.60. The Hall–Kier alpha value is -0.160. The predicted octanol–water partition coefficient (Wildman–Crippen LogP) is -1.28. The molecule has 0 amide bonds. The lowest BCUT2D eigenvalue weighted by molar-refractivity contribution is 0.113. The number of aliphatic hydroxyl groups is 1. The lowest BCUT2D eigenvalue weighted by atomic mass is 10.0. The van der Waals surface area contributed by atoms with Crippen molar-refractivity contribution in [3.05, 3.63) is 0 Å². The molecule has 0 aromatic heterocycles. The van der Waals surface area contributed by atoms with E-state index < -0.39 is 5.66 Å². The molecule has 0 fully saturated rings. The van der Waals surface area contributed by atoms with Crippen LogP contribution >= 0.6 is 0 Å². The molecule has 0 saturated carbocycles. The summed E-state index contributed by atoms with van der Waals surface area (Å²) in [6.07, 6.45) is 0. The van der Waals surface area contributed by atoms with E-state index in [2.05, 4.69) is 16.0 Å². The van der Waals surface area contributed by atoms with Crippen LogP contribution in [-0.2, 0) is 0 Å². The summed E-state index contributed by atoms with van der Waals surface area (Å²) < 4.78 is 0. The minimum absolute atomic E-state index is 0.0575. The molecule has 0 heterocycles. The van der Waals surface area contributed by atoms with Crippen molar-refractivity contribution in [3.63, 3.8) is 0 Å². The summed E-state index contributed by atoms with van der Waals surface area (Å²) in [5, 5.41) is 18.3. The fraction of sp³-hybridized carbons (Fsp3) is 1.00. The Bertz CT molecular complexity index is 95.6. The molecule has 0 rings (SSSR count). The third-order valence-corrected chi connectivity index (χ3v) is 2.31. The van der Waals surface area contributed by atoms with Crippen molar-refractivity contribution in [1.82, 2.24) is 16.0 Å². The van der Waals surface area contributed by atoms with Crippen molar-refractivity contribution in [3.8, 4) is 0 Å². The summed E-state index contributed by atoms with van der Waals surface area (Å²) in [7, 11) is 5.50. The van der Waals surface area contributed by atoms with Crippen molar-refractivity contribution in [2.24, 2.45) is 0 Å². The standard InChI is InChI=1S/C7H19N3O/c1-6(8-2)7(5-11,9-3)10-4/h6,8-11H,5H2,1-4H3. The summed E-state index contributed by atoms with van der Waals surface area (Å²) in [6.45, 7) is 2.06. The van der Waals surface area contributed by atoms with E-state index in [1.54, 1.807) is 0 Å². The highest BCUT2D eigenvalue weighted by molar-refractivity contribution is 4.91. The monoisotopic (exact) mass is 161 g/mol. The molecular weight excluding hydrogens is 142 g/mol. The van der Waals surface area contributed by atoms with Gasteiger partial charge < -0.3 is 10.4 Å². The van der Waals surface area contributed by atoms with E-state index in [-0.39, 0.29) is 12.6 Å². The van der Waals surface area contributed by atoms with Gasteiger partial charge in [-0.25, -0.2) is 0 Å². The normalized spacial score (nSPS) is 15.0. The fourth-order valence-corrected chi connectivity index (χ4v) is 1.10. The van der Waals surface area contributed by atoms with Gasteiger partial charge in [0.05, 0.1) is 6.61 Å². The largest absolute Gasteiger partial charge is 0.393 e. The number of aliphatic hydroxyl groups excluding tert-OH is 1. The van der Waals surface area contributed by atoms with Gasteiger partial charge in [-0.05, 0) is 28.1 Å². The zero-order valence-electron chi connectivity index (χ0n) is 7.73. The lowest BCUT2D eigenvalue weighted by Gasteiger charge is -2.36. The first-order chi connectivity index (χ1) is 5.16. The van der Waals surface area contributed by atoms with Gasteiger partial charge in [0.15, 0.2) is 0 Å². The van der Waals surface area contributed by atoms with Crippen LogP contribution in [-0.4, -0.2) is 44.6 Å². The zero-order chi connectivity index (χ0) is 8.91. The maximum Gasteiger partial charge on any atom is 0.107 e. The predicted molar refractivity (Wildman–Crippen MR) is 46.5 cm³/mol. The van der Waals surface area contributed by atoms with E-state index >= 15 is 0 Å². The summed E-state index contributed by atoms with van der Waals surface area (Å²) >= 11 is 0. The highest BCUT2D eigenvalue weighted by Crippen LogP contribution is 2.03. The molecule has 11 heavy (non-hydrogen) atoms.